The first-order valence-electron chi connectivity index (χ1n) is 5.78. The van der Waals surface area contributed by atoms with Gasteiger partial charge in [0.25, 0.3) is 0 Å². The van der Waals surface area contributed by atoms with Crippen molar-refractivity contribution in [1.82, 2.24) is 0 Å². The highest BCUT2D eigenvalue weighted by Gasteiger charge is 2.14. The molecular weight excluding hydrogens is 244 g/mol. The van der Waals surface area contributed by atoms with Crippen molar-refractivity contribution in [1.29, 1.82) is 0 Å². The van der Waals surface area contributed by atoms with E-state index >= 15 is 0 Å². The van der Waals surface area contributed by atoms with Crippen LogP contribution in [0.5, 0.6) is 0 Å². The number of aliphatic imine (C=N–C) groups is 1. The minimum absolute atomic E-state index is 0.710. The quantitative estimate of drug-likeness (QED) is 0.664. The van der Waals surface area contributed by atoms with Crippen molar-refractivity contribution in [3.05, 3.63) is 29.5 Å². The zero-order valence-electron chi connectivity index (χ0n) is 10.8. The molecule has 0 saturated carbocycles. The van der Waals surface area contributed by atoms with Crippen LogP contribution in [0.2, 0.25) is 0 Å². The molecule has 0 aliphatic carbocycles. The Morgan fingerprint density at radius 1 is 1.39 bits per heavy atom. The van der Waals surface area contributed by atoms with Crippen molar-refractivity contribution in [3.8, 4) is 0 Å². The maximum Gasteiger partial charge on any atom is 0.211 e. The molecule has 0 radical (unpaired) electrons. The summed E-state index contributed by atoms with van der Waals surface area (Å²) in [5.41, 5.74) is 5.57. The molecule has 0 aromatic heterocycles. The van der Waals surface area contributed by atoms with Gasteiger partial charge in [0, 0.05) is 22.7 Å². The fraction of sp³-hybridized carbons (Fsp3) is 0.286. The summed E-state index contributed by atoms with van der Waals surface area (Å²) >= 11 is 1.63. The fourth-order valence-electron chi connectivity index (χ4n) is 2.15. The smallest absolute Gasteiger partial charge is 0.211 e. The summed E-state index contributed by atoms with van der Waals surface area (Å²) in [5.74, 6) is 0. The number of hydrogen-bond acceptors (Lipinski definition) is 3. The second-order valence-corrected chi connectivity index (χ2v) is 5.11. The van der Waals surface area contributed by atoms with E-state index in [0.29, 0.717) is 6.41 Å². The SMILES string of the molecule is CSc1cc(C2=C(C)N=C(C)C2)ccc1NC=O. The largest absolute Gasteiger partial charge is 0.328 e. The summed E-state index contributed by atoms with van der Waals surface area (Å²) in [6.45, 7) is 4.09. The van der Waals surface area contributed by atoms with Gasteiger partial charge in [-0.1, -0.05) is 6.07 Å². The van der Waals surface area contributed by atoms with E-state index in [0.717, 1.165) is 28.4 Å². The highest BCUT2D eigenvalue weighted by molar-refractivity contribution is 7.98. The summed E-state index contributed by atoms with van der Waals surface area (Å²) in [6.07, 6.45) is 3.63. The molecule has 0 fully saturated rings. The topological polar surface area (TPSA) is 41.5 Å². The number of benzene rings is 1. The predicted molar refractivity (Wildman–Crippen MR) is 78.2 cm³/mol. The van der Waals surface area contributed by atoms with E-state index in [9.17, 15) is 4.79 Å². The van der Waals surface area contributed by atoms with E-state index < -0.39 is 0 Å². The van der Waals surface area contributed by atoms with Crippen LogP contribution in [0.25, 0.3) is 5.57 Å². The highest BCUT2D eigenvalue weighted by Crippen LogP contribution is 2.34. The normalized spacial score (nSPS) is 14.7. The lowest BCUT2D eigenvalue weighted by Crippen LogP contribution is -1.97. The number of nitrogens with zero attached hydrogens (tertiary/aromatic N) is 1. The summed E-state index contributed by atoms with van der Waals surface area (Å²) in [7, 11) is 0. The van der Waals surface area contributed by atoms with E-state index in [1.807, 2.05) is 32.2 Å². The van der Waals surface area contributed by atoms with Crippen molar-refractivity contribution in [2.45, 2.75) is 25.2 Å². The fourth-order valence-corrected chi connectivity index (χ4v) is 2.74. The Morgan fingerprint density at radius 2 is 2.17 bits per heavy atom. The number of thioether (sulfide) groups is 1. The number of rotatable bonds is 4. The molecule has 1 aliphatic rings. The Kier molecular flexibility index (Phi) is 3.87. The van der Waals surface area contributed by atoms with Crippen molar-refractivity contribution in [2.75, 3.05) is 11.6 Å². The molecule has 3 nitrogen and oxygen atoms in total. The van der Waals surface area contributed by atoms with E-state index in [-0.39, 0.29) is 0 Å². The van der Waals surface area contributed by atoms with Gasteiger partial charge in [0.2, 0.25) is 6.41 Å². The number of carbonyl (C=O) groups is 1. The summed E-state index contributed by atoms with van der Waals surface area (Å²) in [4.78, 5) is 16.1. The molecule has 2 rings (SSSR count). The molecule has 1 heterocycles. The minimum Gasteiger partial charge on any atom is -0.328 e. The lowest BCUT2D eigenvalue weighted by Gasteiger charge is -2.10. The standard InChI is InChI=1S/C14H16N2OS/c1-9-6-12(10(2)16-9)11-4-5-13(15-8-17)14(7-11)18-3/h4-5,7-8H,6H2,1-3H3,(H,15,17). The summed E-state index contributed by atoms with van der Waals surface area (Å²) < 4.78 is 0. The van der Waals surface area contributed by atoms with Crippen LogP contribution in [0.3, 0.4) is 0 Å². The third-order valence-electron chi connectivity index (χ3n) is 2.99. The molecule has 1 amide bonds. The molecule has 1 aromatic rings. The molecule has 0 saturated heterocycles. The van der Waals surface area contributed by atoms with E-state index in [1.54, 1.807) is 11.8 Å². The lowest BCUT2D eigenvalue weighted by atomic mass is 10.0. The summed E-state index contributed by atoms with van der Waals surface area (Å²) in [6, 6.07) is 6.10. The third kappa shape index (κ3) is 2.48. The van der Waals surface area contributed by atoms with Gasteiger partial charge in [-0.05, 0) is 43.4 Å². The zero-order valence-corrected chi connectivity index (χ0v) is 11.6. The first-order chi connectivity index (χ1) is 8.65. The number of anilines is 1. The van der Waals surface area contributed by atoms with Crippen LogP contribution < -0.4 is 5.32 Å². The van der Waals surface area contributed by atoms with Gasteiger partial charge >= 0.3 is 0 Å². The molecular formula is C14H16N2OS. The number of carbonyl (C=O) groups excluding carboxylic acids is 1. The van der Waals surface area contributed by atoms with E-state index in [2.05, 4.69) is 16.4 Å². The zero-order chi connectivity index (χ0) is 13.1. The van der Waals surface area contributed by atoms with Crippen molar-refractivity contribution < 1.29 is 4.79 Å². The molecule has 1 aromatic carbocycles. The molecule has 1 aliphatic heterocycles. The van der Waals surface area contributed by atoms with E-state index in [1.165, 1.54) is 11.1 Å². The molecule has 1 N–H and O–H groups in total. The minimum atomic E-state index is 0.710. The molecule has 0 spiro atoms. The molecule has 4 heteroatoms. The monoisotopic (exact) mass is 260 g/mol. The van der Waals surface area contributed by atoms with Crippen LogP contribution >= 0.6 is 11.8 Å². The highest BCUT2D eigenvalue weighted by atomic mass is 32.2. The first kappa shape index (κ1) is 12.9. The Hall–Kier alpha value is -1.55. The van der Waals surface area contributed by atoms with Gasteiger partial charge in [0.1, 0.15) is 0 Å². The van der Waals surface area contributed by atoms with E-state index in [4.69, 9.17) is 0 Å². The van der Waals surface area contributed by atoms with Gasteiger partial charge in [0.15, 0.2) is 0 Å². The summed E-state index contributed by atoms with van der Waals surface area (Å²) in [5, 5.41) is 2.72. The van der Waals surface area contributed by atoms with Crippen molar-refractivity contribution in [3.63, 3.8) is 0 Å². The van der Waals surface area contributed by atoms with Gasteiger partial charge < -0.3 is 5.32 Å². The maximum absolute atomic E-state index is 10.5. The van der Waals surface area contributed by atoms with Crippen LogP contribution in [-0.2, 0) is 4.79 Å². The first-order valence-corrected chi connectivity index (χ1v) is 7.00. The average molecular weight is 260 g/mol. The second kappa shape index (κ2) is 5.40. The number of amides is 1. The second-order valence-electron chi connectivity index (χ2n) is 4.27. The number of hydrogen-bond donors (Lipinski definition) is 1. The average Bonchev–Trinajstić information content (AvgIpc) is 2.69. The molecule has 0 unspecified atom stereocenters. The van der Waals surface area contributed by atoms with Crippen LogP contribution in [-0.4, -0.2) is 18.4 Å². The van der Waals surface area contributed by atoms with Crippen LogP contribution in [0.15, 0.2) is 33.8 Å². The van der Waals surface area contributed by atoms with Gasteiger partial charge in [-0.25, -0.2) is 0 Å². The third-order valence-corrected chi connectivity index (χ3v) is 3.77. The maximum atomic E-state index is 10.5. The number of allylic oxidation sites excluding steroid dienone is 2. The van der Waals surface area contributed by atoms with Gasteiger partial charge in [0.05, 0.1) is 5.69 Å². The van der Waals surface area contributed by atoms with Crippen molar-refractivity contribution >= 4 is 35.1 Å². The molecule has 0 atom stereocenters. The van der Waals surface area contributed by atoms with Crippen molar-refractivity contribution in [2.24, 2.45) is 4.99 Å². The Morgan fingerprint density at radius 3 is 2.72 bits per heavy atom. The van der Waals surface area contributed by atoms with Crippen LogP contribution in [0.4, 0.5) is 5.69 Å². The van der Waals surface area contributed by atoms with Gasteiger partial charge in [-0.15, -0.1) is 11.8 Å². The Bertz CT molecular complexity index is 547. The predicted octanol–water partition coefficient (Wildman–Crippen LogP) is 3.57. The number of nitrogens with one attached hydrogen (secondary N) is 1. The Labute approximate surface area is 111 Å². The van der Waals surface area contributed by atoms with Gasteiger partial charge in [-0.3, -0.25) is 9.79 Å². The molecule has 18 heavy (non-hydrogen) atoms. The van der Waals surface area contributed by atoms with Crippen LogP contribution in [0, 0.1) is 0 Å². The molecule has 0 bridgehead atoms. The Balaban J connectivity index is 2.37. The lowest BCUT2D eigenvalue weighted by molar-refractivity contribution is -0.105. The molecule has 94 valence electrons. The van der Waals surface area contributed by atoms with Crippen LogP contribution in [0.1, 0.15) is 25.8 Å². The van der Waals surface area contributed by atoms with Gasteiger partial charge in [-0.2, -0.15) is 0 Å².